The van der Waals surface area contributed by atoms with Crippen LogP contribution < -0.4 is 0 Å². The van der Waals surface area contributed by atoms with Crippen LogP contribution in [0.2, 0.25) is 0 Å². The molecule has 0 spiro atoms. The first-order valence-electron chi connectivity index (χ1n) is 6.42. The predicted molar refractivity (Wildman–Crippen MR) is 85.0 cm³/mol. The predicted octanol–water partition coefficient (Wildman–Crippen LogP) is 4.46. The quantitative estimate of drug-likeness (QED) is 0.764. The second-order valence-corrected chi connectivity index (χ2v) is 8.05. The standard InChI is InChI=1S/C16H18O2S2/c1-4-5-16(15-10-11-19-13(15)3)20(17,18)14-8-6-12(2)7-9-14/h4,6-11,16H,1,5H2,2-3H3. The summed E-state index contributed by atoms with van der Waals surface area (Å²) in [6.45, 7) is 7.60. The van der Waals surface area contributed by atoms with Crippen LogP contribution in [0, 0.1) is 13.8 Å². The van der Waals surface area contributed by atoms with Crippen molar-refractivity contribution in [3.63, 3.8) is 0 Å². The lowest BCUT2D eigenvalue weighted by atomic mass is 10.1. The Balaban J connectivity index is 2.50. The lowest BCUT2D eigenvalue weighted by Gasteiger charge is -2.16. The molecule has 0 aliphatic rings. The monoisotopic (exact) mass is 306 g/mol. The maximum atomic E-state index is 12.8. The van der Waals surface area contributed by atoms with Crippen LogP contribution in [0.15, 0.2) is 53.3 Å². The molecule has 0 fully saturated rings. The van der Waals surface area contributed by atoms with Crippen LogP contribution in [0.1, 0.15) is 27.7 Å². The van der Waals surface area contributed by atoms with Gasteiger partial charge < -0.3 is 0 Å². The van der Waals surface area contributed by atoms with Gasteiger partial charge in [-0.25, -0.2) is 8.42 Å². The van der Waals surface area contributed by atoms with E-state index in [1.807, 2.05) is 37.4 Å². The Labute approximate surface area is 124 Å². The van der Waals surface area contributed by atoms with Gasteiger partial charge in [-0.15, -0.1) is 17.9 Å². The zero-order valence-electron chi connectivity index (χ0n) is 11.7. The lowest BCUT2D eigenvalue weighted by molar-refractivity contribution is 0.582. The highest BCUT2D eigenvalue weighted by atomic mass is 32.2. The van der Waals surface area contributed by atoms with Gasteiger partial charge in [0.25, 0.3) is 0 Å². The van der Waals surface area contributed by atoms with E-state index in [4.69, 9.17) is 0 Å². The molecule has 1 heterocycles. The Morgan fingerprint density at radius 3 is 2.35 bits per heavy atom. The summed E-state index contributed by atoms with van der Waals surface area (Å²) in [6.07, 6.45) is 2.10. The summed E-state index contributed by atoms with van der Waals surface area (Å²) in [4.78, 5) is 1.42. The number of benzene rings is 1. The molecule has 1 aromatic heterocycles. The van der Waals surface area contributed by atoms with Crippen molar-refractivity contribution in [3.8, 4) is 0 Å². The van der Waals surface area contributed by atoms with Gasteiger partial charge in [-0.3, -0.25) is 0 Å². The van der Waals surface area contributed by atoms with E-state index in [1.54, 1.807) is 29.5 Å². The van der Waals surface area contributed by atoms with Gasteiger partial charge in [0.2, 0.25) is 0 Å². The maximum absolute atomic E-state index is 12.8. The second-order valence-electron chi connectivity index (χ2n) is 4.80. The minimum Gasteiger partial charge on any atom is -0.223 e. The molecular weight excluding hydrogens is 288 g/mol. The number of rotatable bonds is 5. The lowest BCUT2D eigenvalue weighted by Crippen LogP contribution is -2.13. The molecular formula is C16H18O2S2. The van der Waals surface area contributed by atoms with Crippen LogP contribution in [0.4, 0.5) is 0 Å². The van der Waals surface area contributed by atoms with Crippen LogP contribution in [-0.4, -0.2) is 8.42 Å². The molecule has 0 aliphatic heterocycles. The molecule has 106 valence electrons. The van der Waals surface area contributed by atoms with Gasteiger partial charge in [-0.2, -0.15) is 0 Å². The third kappa shape index (κ3) is 2.86. The highest BCUT2D eigenvalue weighted by molar-refractivity contribution is 7.91. The van der Waals surface area contributed by atoms with Gasteiger partial charge in [0.1, 0.15) is 0 Å². The van der Waals surface area contributed by atoms with Crippen LogP contribution in [0.5, 0.6) is 0 Å². The Hall–Kier alpha value is -1.39. The number of hydrogen-bond acceptors (Lipinski definition) is 3. The molecule has 0 saturated heterocycles. The average Bonchev–Trinajstić information content (AvgIpc) is 2.82. The Morgan fingerprint density at radius 2 is 1.85 bits per heavy atom. The van der Waals surface area contributed by atoms with Crippen molar-refractivity contribution in [1.29, 1.82) is 0 Å². The summed E-state index contributed by atoms with van der Waals surface area (Å²) < 4.78 is 25.7. The largest absolute Gasteiger partial charge is 0.223 e. The molecule has 0 amide bonds. The van der Waals surface area contributed by atoms with E-state index < -0.39 is 15.1 Å². The smallest absolute Gasteiger partial charge is 0.185 e. The number of thiophene rings is 1. The van der Waals surface area contributed by atoms with Crippen molar-refractivity contribution in [2.75, 3.05) is 0 Å². The van der Waals surface area contributed by atoms with E-state index in [-0.39, 0.29) is 0 Å². The number of hydrogen-bond donors (Lipinski definition) is 0. The average molecular weight is 306 g/mol. The summed E-state index contributed by atoms with van der Waals surface area (Å²) in [5.41, 5.74) is 1.94. The third-order valence-corrected chi connectivity index (χ3v) is 6.34. The number of aryl methyl sites for hydroxylation is 2. The van der Waals surface area contributed by atoms with Gasteiger partial charge in [0, 0.05) is 4.88 Å². The molecule has 0 aliphatic carbocycles. The first kappa shape index (κ1) is 15.0. The Kier molecular flexibility index (Phi) is 4.45. The van der Waals surface area contributed by atoms with E-state index in [2.05, 4.69) is 6.58 Å². The van der Waals surface area contributed by atoms with Gasteiger partial charge >= 0.3 is 0 Å². The fraction of sp³-hybridized carbons (Fsp3) is 0.250. The molecule has 0 saturated carbocycles. The highest BCUT2D eigenvalue weighted by Gasteiger charge is 2.29. The van der Waals surface area contributed by atoms with Crippen LogP contribution >= 0.6 is 11.3 Å². The third-order valence-electron chi connectivity index (χ3n) is 3.35. The van der Waals surface area contributed by atoms with Gasteiger partial charge in [-0.1, -0.05) is 23.8 Å². The summed E-state index contributed by atoms with van der Waals surface area (Å²) in [6, 6.07) is 8.93. The Morgan fingerprint density at radius 1 is 1.20 bits per heavy atom. The molecule has 20 heavy (non-hydrogen) atoms. The van der Waals surface area contributed by atoms with Crippen molar-refractivity contribution in [3.05, 3.63) is 64.4 Å². The summed E-state index contributed by atoms with van der Waals surface area (Å²) in [5.74, 6) is 0. The van der Waals surface area contributed by atoms with Gasteiger partial charge in [0.15, 0.2) is 9.84 Å². The first-order chi connectivity index (χ1) is 9.46. The van der Waals surface area contributed by atoms with Crippen molar-refractivity contribution in [1.82, 2.24) is 0 Å². The van der Waals surface area contributed by atoms with Crippen LogP contribution in [-0.2, 0) is 9.84 Å². The van der Waals surface area contributed by atoms with Crippen molar-refractivity contribution < 1.29 is 8.42 Å². The van der Waals surface area contributed by atoms with Crippen LogP contribution in [0.25, 0.3) is 0 Å². The molecule has 1 aromatic carbocycles. The summed E-state index contributed by atoms with van der Waals surface area (Å²) in [5, 5.41) is 1.39. The summed E-state index contributed by atoms with van der Waals surface area (Å²) >= 11 is 1.57. The molecule has 2 rings (SSSR count). The van der Waals surface area contributed by atoms with Crippen LogP contribution in [0.3, 0.4) is 0 Å². The van der Waals surface area contributed by atoms with Gasteiger partial charge in [0.05, 0.1) is 10.1 Å². The second kappa shape index (κ2) is 5.94. The molecule has 0 bridgehead atoms. The number of sulfone groups is 1. The Bertz CT molecular complexity index is 694. The van der Waals surface area contributed by atoms with E-state index in [0.29, 0.717) is 11.3 Å². The van der Waals surface area contributed by atoms with Gasteiger partial charge in [-0.05, 0) is 49.4 Å². The van der Waals surface area contributed by atoms with E-state index in [0.717, 1.165) is 16.0 Å². The first-order valence-corrected chi connectivity index (χ1v) is 8.85. The fourth-order valence-electron chi connectivity index (χ4n) is 2.19. The maximum Gasteiger partial charge on any atom is 0.185 e. The molecule has 0 radical (unpaired) electrons. The molecule has 1 atom stereocenters. The SMILES string of the molecule is C=CCC(c1ccsc1C)S(=O)(=O)c1ccc(C)cc1. The van der Waals surface area contributed by atoms with Crippen molar-refractivity contribution in [2.24, 2.45) is 0 Å². The molecule has 4 heteroatoms. The van der Waals surface area contributed by atoms with E-state index >= 15 is 0 Å². The van der Waals surface area contributed by atoms with Crippen molar-refractivity contribution in [2.45, 2.75) is 30.4 Å². The fourth-order valence-corrected chi connectivity index (χ4v) is 4.86. The normalized spacial score (nSPS) is 13.1. The zero-order chi connectivity index (χ0) is 14.8. The van der Waals surface area contributed by atoms with Crippen molar-refractivity contribution >= 4 is 21.2 Å². The molecule has 0 N–H and O–H groups in total. The number of allylic oxidation sites excluding steroid dienone is 1. The van der Waals surface area contributed by atoms with E-state index in [1.165, 1.54) is 0 Å². The summed E-state index contributed by atoms with van der Waals surface area (Å²) in [7, 11) is -3.39. The minimum absolute atomic E-state index is 0.376. The van der Waals surface area contributed by atoms with E-state index in [9.17, 15) is 8.42 Å². The highest BCUT2D eigenvalue weighted by Crippen LogP contribution is 2.35. The zero-order valence-corrected chi connectivity index (χ0v) is 13.3. The molecule has 2 aromatic rings. The topological polar surface area (TPSA) is 34.1 Å². The molecule has 1 unspecified atom stereocenters. The minimum atomic E-state index is -3.39. The molecule has 2 nitrogen and oxygen atoms in total.